The first-order valence-corrected chi connectivity index (χ1v) is 25.7. The molecule has 1 aliphatic carbocycles. The van der Waals surface area contributed by atoms with Crippen LogP contribution in [0.5, 0.6) is 5.75 Å². The quantitative estimate of drug-likeness (QED) is 0.0828. The Kier molecular flexibility index (Phi) is 12.7. The molecular formula is C47H55BrFN10O4P. The van der Waals surface area contributed by atoms with Gasteiger partial charge < -0.3 is 24.8 Å². The number of aryl methyl sites for hydroxylation is 1. The van der Waals surface area contributed by atoms with Gasteiger partial charge in [0, 0.05) is 93.7 Å². The van der Waals surface area contributed by atoms with Gasteiger partial charge in [-0.1, -0.05) is 19.1 Å². The summed E-state index contributed by atoms with van der Waals surface area (Å²) in [5.74, 6) is 0.267. The fourth-order valence-corrected chi connectivity index (χ4v) is 11.7. The maximum absolute atomic E-state index is 15.2. The molecule has 9 rings (SSSR count). The third-order valence-electron chi connectivity index (χ3n) is 13.6. The number of piperidine rings is 2. The van der Waals surface area contributed by atoms with Crippen molar-refractivity contribution in [3.63, 3.8) is 0 Å². The molecule has 2 aromatic heterocycles. The molecule has 3 saturated heterocycles. The third kappa shape index (κ3) is 9.11. The number of halogens is 2. The van der Waals surface area contributed by atoms with Crippen LogP contribution < -0.4 is 30.9 Å². The number of benzene rings is 3. The molecule has 1 atom stereocenters. The average Bonchev–Trinajstić information content (AvgIpc) is 3.27. The molecule has 4 aliphatic rings. The number of rotatable bonds is 12. The van der Waals surface area contributed by atoms with Gasteiger partial charge in [0.1, 0.15) is 30.0 Å². The van der Waals surface area contributed by atoms with Gasteiger partial charge >= 0.3 is 0 Å². The van der Waals surface area contributed by atoms with Crippen LogP contribution in [0.4, 0.5) is 33.2 Å². The number of nitrogens with zero attached hydrogens (tertiary/aromatic N) is 7. The van der Waals surface area contributed by atoms with Gasteiger partial charge in [0.05, 0.1) is 39.7 Å². The zero-order valence-electron chi connectivity index (χ0n) is 36.7. The lowest BCUT2D eigenvalue weighted by Crippen LogP contribution is -2.57. The standard InChI is InChI=1S/C47H55BrFN10O4P/c1-5-28-25-39(54-47-52-27-35(48)45(56-47)53-38-10-9-37-43(51-15-14-50-37)44(38)64(3,4)62)41(63-2)26-40(28)59-16-12-31(13-17-59)57-18-20-58(21-19-57)32-22-30(23-32)29-6-7-33(36(49)24-29)34-8-11-42(60)55-46(34)61/h6-7,9-10,14-15,24-27,30-32,34H,5,8,11-13,16-23H2,1-4H3,(H,55,60,61)(H2,52,53,54,56). The number of carbonyl (C=O) groups excluding carboxylic acids is 2. The van der Waals surface area contributed by atoms with E-state index in [0.29, 0.717) is 74.0 Å². The molecule has 5 heterocycles. The Labute approximate surface area is 381 Å². The lowest BCUT2D eigenvalue weighted by atomic mass is 9.74. The second kappa shape index (κ2) is 18.5. The number of ether oxygens (including phenoxy) is 1. The number of methoxy groups -OCH3 is 1. The van der Waals surface area contributed by atoms with Gasteiger partial charge in [0.25, 0.3) is 0 Å². The summed E-state index contributed by atoms with van der Waals surface area (Å²) in [4.78, 5) is 50.0. The van der Waals surface area contributed by atoms with E-state index in [-0.39, 0.29) is 18.1 Å². The number of piperazine rings is 1. The number of anilines is 5. The summed E-state index contributed by atoms with van der Waals surface area (Å²) in [6, 6.07) is 14.4. The van der Waals surface area contributed by atoms with E-state index in [0.717, 1.165) is 82.6 Å². The number of hydrogen-bond acceptors (Lipinski definition) is 13. The predicted octanol–water partition coefficient (Wildman–Crippen LogP) is 7.68. The van der Waals surface area contributed by atoms with E-state index < -0.39 is 19.0 Å². The molecule has 1 unspecified atom stereocenters. The van der Waals surface area contributed by atoms with Crippen molar-refractivity contribution in [3.05, 3.63) is 88.0 Å². The highest BCUT2D eigenvalue weighted by molar-refractivity contribution is 9.10. The van der Waals surface area contributed by atoms with E-state index in [1.165, 1.54) is 11.3 Å². The van der Waals surface area contributed by atoms with Gasteiger partial charge in [-0.15, -0.1) is 0 Å². The Hall–Kier alpha value is -5.02. The minimum Gasteiger partial charge on any atom is -0.494 e. The van der Waals surface area contributed by atoms with Crippen molar-refractivity contribution in [2.75, 3.05) is 75.2 Å². The van der Waals surface area contributed by atoms with Crippen LogP contribution in [-0.4, -0.2) is 113 Å². The Morgan fingerprint density at radius 1 is 0.891 bits per heavy atom. The van der Waals surface area contributed by atoms with E-state index in [4.69, 9.17) is 9.72 Å². The minimum atomic E-state index is -2.77. The highest BCUT2D eigenvalue weighted by atomic mass is 79.9. The van der Waals surface area contributed by atoms with Gasteiger partial charge in [-0.2, -0.15) is 4.98 Å². The van der Waals surface area contributed by atoms with Crippen molar-refractivity contribution in [2.24, 2.45) is 0 Å². The van der Waals surface area contributed by atoms with Crippen molar-refractivity contribution in [1.82, 2.24) is 35.1 Å². The fraction of sp³-hybridized carbons (Fsp3) is 0.447. The van der Waals surface area contributed by atoms with Crippen molar-refractivity contribution < 1.29 is 23.3 Å². The normalized spacial score (nSPS) is 21.4. The second-order valence-electron chi connectivity index (χ2n) is 17.8. The molecule has 14 nitrogen and oxygen atoms in total. The minimum absolute atomic E-state index is 0.239. The molecule has 3 N–H and O–H groups in total. The zero-order chi connectivity index (χ0) is 44.7. The number of amides is 2. The van der Waals surface area contributed by atoms with E-state index >= 15 is 4.39 Å². The molecule has 2 amide bonds. The third-order valence-corrected chi connectivity index (χ3v) is 15.7. The number of nitrogens with one attached hydrogen (secondary N) is 3. The molecule has 0 bridgehead atoms. The smallest absolute Gasteiger partial charge is 0.234 e. The van der Waals surface area contributed by atoms with Crippen LogP contribution in [-0.2, 0) is 20.6 Å². The molecule has 3 aromatic carbocycles. The summed E-state index contributed by atoms with van der Waals surface area (Å²) < 4.78 is 35.3. The molecule has 17 heteroatoms. The lowest BCUT2D eigenvalue weighted by Gasteiger charge is -2.49. The Morgan fingerprint density at radius 2 is 1.62 bits per heavy atom. The van der Waals surface area contributed by atoms with Crippen LogP contribution in [0.1, 0.15) is 74.0 Å². The summed E-state index contributed by atoms with van der Waals surface area (Å²) >= 11 is 3.60. The molecule has 0 radical (unpaired) electrons. The lowest BCUT2D eigenvalue weighted by molar-refractivity contribution is -0.134. The Bertz CT molecular complexity index is 2630. The highest BCUT2D eigenvalue weighted by Crippen LogP contribution is 2.43. The number of carbonyl (C=O) groups is 2. The van der Waals surface area contributed by atoms with Gasteiger partial charge in [-0.25, -0.2) is 9.37 Å². The number of hydrogen-bond donors (Lipinski definition) is 3. The second-order valence-corrected chi connectivity index (χ2v) is 21.8. The van der Waals surface area contributed by atoms with Crippen LogP contribution in [0.15, 0.2) is 65.5 Å². The zero-order valence-corrected chi connectivity index (χ0v) is 39.2. The van der Waals surface area contributed by atoms with Crippen LogP contribution >= 0.6 is 23.1 Å². The van der Waals surface area contributed by atoms with Crippen molar-refractivity contribution in [2.45, 2.75) is 75.8 Å². The SMILES string of the molecule is CCc1cc(Nc2ncc(Br)c(Nc3ccc4nccnc4c3P(C)(C)=O)n2)c(OC)cc1N1CCC(N2CCN(C3CC(c4ccc(C5CCC(=O)NC5=O)c(F)c4)C3)CC2)CC1. The molecule has 1 saturated carbocycles. The monoisotopic (exact) mass is 952 g/mol. The first-order chi connectivity index (χ1) is 30.9. The molecule has 64 heavy (non-hydrogen) atoms. The molecule has 5 aromatic rings. The summed E-state index contributed by atoms with van der Waals surface area (Å²) in [6.45, 7) is 11.8. The van der Waals surface area contributed by atoms with Crippen molar-refractivity contribution >= 4 is 80.1 Å². The molecule has 0 spiro atoms. The summed E-state index contributed by atoms with van der Waals surface area (Å²) in [7, 11) is -1.09. The van der Waals surface area contributed by atoms with Crippen LogP contribution in [0.25, 0.3) is 11.0 Å². The highest BCUT2D eigenvalue weighted by Gasteiger charge is 2.38. The molecule has 3 aliphatic heterocycles. The average molecular weight is 954 g/mol. The summed E-state index contributed by atoms with van der Waals surface area (Å²) in [5, 5.41) is 9.74. The fourth-order valence-electron chi connectivity index (χ4n) is 10.1. The molecule has 336 valence electrons. The van der Waals surface area contributed by atoms with E-state index in [9.17, 15) is 14.2 Å². The van der Waals surface area contributed by atoms with Gasteiger partial charge in [-0.05, 0) is 109 Å². The number of aromatic nitrogens is 4. The van der Waals surface area contributed by atoms with Gasteiger partial charge in [0.2, 0.25) is 17.8 Å². The van der Waals surface area contributed by atoms with Crippen molar-refractivity contribution in [3.8, 4) is 5.75 Å². The molecule has 4 fully saturated rings. The van der Waals surface area contributed by atoms with E-state index in [2.05, 4.69) is 80.6 Å². The first-order valence-electron chi connectivity index (χ1n) is 22.3. The first kappa shape index (κ1) is 44.2. The Morgan fingerprint density at radius 3 is 2.31 bits per heavy atom. The van der Waals surface area contributed by atoms with E-state index in [1.807, 2.05) is 18.2 Å². The maximum atomic E-state index is 15.2. The topological polar surface area (TPSA) is 158 Å². The van der Waals surface area contributed by atoms with Crippen molar-refractivity contribution in [1.29, 1.82) is 0 Å². The van der Waals surface area contributed by atoms with Crippen LogP contribution in [0.3, 0.4) is 0 Å². The maximum Gasteiger partial charge on any atom is 0.234 e. The van der Waals surface area contributed by atoms with E-state index in [1.54, 1.807) is 51.2 Å². The van der Waals surface area contributed by atoms with Gasteiger partial charge in [-0.3, -0.25) is 34.7 Å². The molecular weight excluding hydrogens is 898 g/mol. The number of fused-ring (bicyclic) bond motifs is 1. The van der Waals surface area contributed by atoms with Gasteiger partial charge in [0.15, 0.2) is 0 Å². The summed E-state index contributed by atoms with van der Waals surface area (Å²) in [5.41, 5.74) is 6.47. The summed E-state index contributed by atoms with van der Waals surface area (Å²) in [6.07, 6.45) is 10.6. The van der Waals surface area contributed by atoms with Crippen LogP contribution in [0.2, 0.25) is 0 Å². The Balaban J connectivity index is 0.791. The number of imide groups is 1. The largest absolute Gasteiger partial charge is 0.494 e. The predicted molar refractivity (Wildman–Crippen MR) is 253 cm³/mol. The van der Waals surface area contributed by atoms with Crippen LogP contribution in [0, 0.1) is 5.82 Å².